The number of carbonyl (C=O) groups excluding carboxylic acids is 1. The summed E-state index contributed by atoms with van der Waals surface area (Å²) < 4.78 is 44.3. The molecule has 27 heavy (non-hydrogen) atoms. The van der Waals surface area contributed by atoms with Crippen molar-refractivity contribution in [1.82, 2.24) is 8.61 Å². The molecule has 0 fully saturated rings. The van der Waals surface area contributed by atoms with Gasteiger partial charge in [-0.1, -0.05) is 0 Å². The molecular formula is C18H28N2O6S. The minimum atomic E-state index is -3.70. The topological polar surface area (TPSA) is 85.4 Å². The van der Waals surface area contributed by atoms with Gasteiger partial charge in [0, 0.05) is 20.6 Å². The van der Waals surface area contributed by atoms with E-state index in [4.69, 9.17) is 14.2 Å². The lowest BCUT2D eigenvalue weighted by atomic mass is 9.91. The molecule has 9 heteroatoms. The van der Waals surface area contributed by atoms with Gasteiger partial charge in [0.2, 0.25) is 0 Å². The van der Waals surface area contributed by atoms with Crippen molar-refractivity contribution < 1.29 is 27.4 Å². The highest BCUT2D eigenvalue weighted by Gasteiger charge is 2.38. The molecule has 0 aromatic heterocycles. The van der Waals surface area contributed by atoms with Gasteiger partial charge in [0.05, 0.1) is 32.8 Å². The maximum Gasteiger partial charge on any atom is 0.307 e. The van der Waals surface area contributed by atoms with Crippen molar-refractivity contribution >= 4 is 16.2 Å². The van der Waals surface area contributed by atoms with E-state index >= 15 is 0 Å². The Bertz CT molecular complexity index is 778. The fourth-order valence-corrected chi connectivity index (χ4v) is 4.41. The number of hydrogen-bond donors (Lipinski definition) is 0. The summed E-state index contributed by atoms with van der Waals surface area (Å²) in [5, 5.41) is 0. The van der Waals surface area contributed by atoms with Crippen molar-refractivity contribution in [3.63, 3.8) is 0 Å². The highest BCUT2D eigenvalue weighted by molar-refractivity contribution is 7.86. The van der Waals surface area contributed by atoms with Crippen molar-refractivity contribution in [1.29, 1.82) is 0 Å². The zero-order valence-corrected chi connectivity index (χ0v) is 17.3. The number of esters is 1. The zero-order chi connectivity index (χ0) is 20.2. The maximum absolute atomic E-state index is 12.8. The van der Waals surface area contributed by atoms with Gasteiger partial charge in [-0.25, -0.2) is 0 Å². The minimum absolute atomic E-state index is 0.0733. The van der Waals surface area contributed by atoms with E-state index in [-0.39, 0.29) is 13.0 Å². The minimum Gasteiger partial charge on any atom is -0.490 e. The number of nitrogens with zero attached hydrogens (tertiary/aromatic N) is 2. The van der Waals surface area contributed by atoms with Crippen LogP contribution in [0.4, 0.5) is 0 Å². The van der Waals surface area contributed by atoms with E-state index in [2.05, 4.69) is 0 Å². The average molecular weight is 400 g/mol. The van der Waals surface area contributed by atoms with Crippen LogP contribution in [0, 0.1) is 0 Å². The number of benzene rings is 1. The number of rotatable bonds is 8. The Balaban J connectivity index is 2.57. The lowest BCUT2D eigenvalue weighted by Gasteiger charge is -2.37. The predicted octanol–water partition coefficient (Wildman–Crippen LogP) is 1.75. The molecule has 1 aromatic carbocycles. The standard InChI is InChI=1S/C18H28N2O6S/c1-6-25-16-10-13-8-9-20(27(22,23)19(3)4)15(12-18(21)24-5)14(13)11-17(16)26-7-2/h10-11,15H,6-9,12H2,1-5H3/t15-/m1/s1. The molecule has 1 heterocycles. The van der Waals surface area contributed by atoms with Gasteiger partial charge in [0.15, 0.2) is 11.5 Å². The molecule has 0 aliphatic carbocycles. The second kappa shape index (κ2) is 8.90. The monoisotopic (exact) mass is 400 g/mol. The van der Waals surface area contributed by atoms with E-state index in [1.54, 1.807) is 6.07 Å². The van der Waals surface area contributed by atoms with Crippen LogP contribution in [0.15, 0.2) is 12.1 Å². The summed E-state index contributed by atoms with van der Waals surface area (Å²) in [6.45, 7) is 4.96. The normalized spacial score (nSPS) is 17.5. The van der Waals surface area contributed by atoms with Gasteiger partial charge in [-0.15, -0.1) is 0 Å². The van der Waals surface area contributed by atoms with Crippen LogP contribution >= 0.6 is 0 Å². The molecule has 2 rings (SSSR count). The Labute approximate surface area is 161 Å². The molecule has 0 saturated heterocycles. The molecule has 0 radical (unpaired) electrons. The molecule has 1 aliphatic heterocycles. The molecule has 1 aliphatic rings. The summed E-state index contributed by atoms with van der Waals surface area (Å²) >= 11 is 0. The van der Waals surface area contributed by atoms with Gasteiger partial charge in [0.1, 0.15) is 0 Å². The van der Waals surface area contributed by atoms with Gasteiger partial charge in [0.25, 0.3) is 10.2 Å². The molecule has 0 bridgehead atoms. The predicted molar refractivity (Wildman–Crippen MR) is 101 cm³/mol. The first-order chi connectivity index (χ1) is 12.8. The summed E-state index contributed by atoms with van der Waals surface area (Å²) in [5.41, 5.74) is 1.69. The van der Waals surface area contributed by atoms with E-state index < -0.39 is 22.2 Å². The number of fused-ring (bicyclic) bond motifs is 1. The molecule has 0 amide bonds. The quantitative estimate of drug-likeness (QED) is 0.618. The van der Waals surface area contributed by atoms with E-state index in [1.807, 2.05) is 19.9 Å². The van der Waals surface area contributed by atoms with Crippen LogP contribution in [-0.4, -0.2) is 64.0 Å². The summed E-state index contributed by atoms with van der Waals surface area (Å²) in [6.07, 6.45) is 0.447. The molecule has 0 saturated carbocycles. The van der Waals surface area contributed by atoms with E-state index in [1.165, 1.54) is 25.5 Å². The lowest BCUT2D eigenvalue weighted by Crippen LogP contribution is -2.46. The number of hydrogen-bond acceptors (Lipinski definition) is 6. The van der Waals surface area contributed by atoms with E-state index in [0.717, 1.165) is 15.4 Å². The molecule has 1 atom stereocenters. The molecule has 152 valence electrons. The third-order valence-electron chi connectivity index (χ3n) is 4.46. The highest BCUT2D eigenvalue weighted by atomic mass is 32.2. The van der Waals surface area contributed by atoms with Gasteiger partial charge < -0.3 is 14.2 Å². The van der Waals surface area contributed by atoms with Crippen LogP contribution in [0.2, 0.25) is 0 Å². The molecule has 1 aromatic rings. The van der Waals surface area contributed by atoms with Crippen molar-refractivity contribution in [2.45, 2.75) is 32.7 Å². The van der Waals surface area contributed by atoms with Crippen LogP contribution in [-0.2, 0) is 26.2 Å². The first-order valence-corrected chi connectivity index (χ1v) is 10.3. The first-order valence-electron chi connectivity index (χ1n) is 8.94. The second-order valence-electron chi connectivity index (χ2n) is 6.31. The second-order valence-corrected chi connectivity index (χ2v) is 8.41. The van der Waals surface area contributed by atoms with Crippen LogP contribution < -0.4 is 9.47 Å². The summed E-state index contributed by atoms with van der Waals surface area (Å²) in [6, 6.07) is 3.01. The largest absolute Gasteiger partial charge is 0.490 e. The summed E-state index contributed by atoms with van der Waals surface area (Å²) in [5.74, 6) is 0.689. The van der Waals surface area contributed by atoms with Crippen molar-refractivity contribution in [3.05, 3.63) is 23.3 Å². The third kappa shape index (κ3) is 4.53. The van der Waals surface area contributed by atoms with Crippen molar-refractivity contribution in [2.24, 2.45) is 0 Å². The highest BCUT2D eigenvalue weighted by Crippen LogP contribution is 2.41. The van der Waals surface area contributed by atoms with Crippen LogP contribution in [0.25, 0.3) is 0 Å². The molecule has 0 spiro atoms. The fraction of sp³-hybridized carbons (Fsp3) is 0.611. The Morgan fingerprint density at radius 3 is 2.30 bits per heavy atom. The smallest absolute Gasteiger partial charge is 0.307 e. The number of ether oxygens (including phenoxy) is 3. The van der Waals surface area contributed by atoms with Crippen LogP contribution in [0.3, 0.4) is 0 Å². The maximum atomic E-state index is 12.8. The molecular weight excluding hydrogens is 372 g/mol. The summed E-state index contributed by atoms with van der Waals surface area (Å²) in [4.78, 5) is 12.0. The number of methoxy groups -OCH3 is 1. The lowest BCUT2D eigenvalue weighted by molar-refractivity contribution is -0.141. The fourth-order valence-electron chi connectivity index (χ4n) is 3.16. The Morgan fingerprint density at radius 1 is 1.19 bits per heavy atom. The van der Waals surface area contributed by atoms with Crippen molar-refractivity contribution in [2.75, 3.05) is 41.0 Å². The third-order valence-corrected chi connectivity index (χ3v) is 6.41. The van der Waals surface area contributed by atoms with Gasteiger partial charge in [-0.05, 0) is 43.5 Å². The molecule has 0 unspecified atom stereocenters. The van der Waals surface area contributed by atoms with Gasteiger partial charge in [-0.3, -0.25) is 4.79 Å². The SMILES string of the molecule is CCOc1cc2c(cc1OCC)[C@@H](CC(=O)OC)N(S(=O)(=O)N(C)C)CC2. The zero-order valence-electron chi connectivity index (χ0n) is 16.5. The summed E-state index contributed by atoms with van der Waals surface area (Å²) in [7, 11) is 0.540. The average Bonchev–Trinajstić information content (AvgIpc) is 2.62. The van der Waals surface area contributed by atoms with Gasteiger partial charge >= 0.3 is 5.97 Å². The Morgan fingerprint density at radius 2 is 1.78 bits per heavy atom. The first kappa shape index (κ1) is 21.5. The van der Waals surface area contributed by atoms with Gasteiger partial charge in [-0.2, -0.15) is 17.0 Å². The van der Waals surface area contributed by atoms with E-state index in [9.17, 15) is 13.2 Å². The molecule has 8 nitrogen and oxygen atoms in total. The molecule has 0 N–H and O–H groups in total. The number of carbonyl (C=O) groups is 1. The Hall–Kier alpha value is -1.84. The van der Waals surface area contributed by atoms with Crippen LogP contribution in [0.5, 0.6) is 11.5 Å². The van der Waals surface area contributed by atoms with Crippen LogP contribution in [0.1, 0.15) is 37.4 Å². The van der Waals surface area contributed by atoms with E-state index in [0.29, 0.717) is 31.1 Å². The van der Waals surface area contributed by atoms with Crippen molar-refractivity contribution in [3.8, 4) is 11.5 Å². The Kier molecular flexibility index (Phi) is 7.07.